The number of hydrogen-bond acceptors (Lipinski definition) is 6. The number of benzene rings is 8. The van der Waals surface area contributed by atoms with Crippen molar-refractivity contribution in [1.29, 1.82) is 0 Å². The first-order valence-corrected chi connectivity index (χ1v) is 22.4. The highest BCUT2D eigenvalue weighted by Gasteiger charge is 2.31. The molecule has 2 atom stereocenters. The lowest BCUT2D eigenvalue weighted by Crippen LogP contribution is -2.16. The van der Waals surface area contributed by atoms with Gasteiger partial charge < -0.3 is 19.8 Å². The molecule has 0 radical (unpaired) electrons. The van der Waals surface area contributed by atoms with Crippen LogP contribution in [0.4, 0.5) is 0 Å². The van der Waals surface area contributed by atoms with Gasteiger partial charge in [-0.3, -0.25) is 4.57 Å². The zero-order valence-corrected chi connectivity index (χ0v) is 35.8. The maximum absolute atomic E-state index is 4.61. The van der Waals surface area contributed by atoms with Gasteiger partial charge in [0.2, 0.25) is 0 Å². The molecule has 9 heteroatoms. The topological polar surface area (TPSA) is 90.4 Å². The van der Waals surface area contributed by atoms with Gasteiger partial charge in [0, 0.05) is 68.6 Å². The van der Waals surface area contributed by atoms with E-state index < -0.39 is 0 Å². The molecular weight excluding hydrogens is 799 g/mol. The van der Waals surface area contributed by atoms with Crippen LogP contribution in [0.3, 0.4) is 0 Å². The van der Waals surface area contributed by atoms with Crippen LogP contribution in [0.15, 0.2) is 164 Å². The Kier molecular flexibility index (Phi) is 7.73. The second kappa shape index (κ2) is 13.8. The van der Waals surface area contributed by atoms with Crippen LogP contribution in [0.1, 0.15) is 34.1 Å². The van der Waals surface area contributed by atoms with Crippen molar-refractivity contribution in [2.45, 2.75) is 11.8 Å². The van der Waals surface area contributed by atoms with E-state index in [1.165, 1.54) is 72.4 Å². The predicted octanol–water partition coefficient (Wildman–Crippen LogP) is 11.2. The molecule has 9 nitrogen and oxygen atoms in total. The van der Waals surface area contributed by atoms with Crippen LogP contribution in [0.2, 0.25) is 0 Å². The van der Waals surface area contributed by atoms with Crippen LogP contribution in [0.5, 0.6) is 0 Å². The molecule has 2 aliphatic carbocycles. The normalized spacial score (nSPS) is 15.2. The number of hydrogen-bond donors (Lipinski definition) is 2. The van der Waals surface area contributed by atoms with Crippen LogP contribution in [0, 0.1) is 0 Å². The van der Waals surface area contributed by atoms with Gasteiger partial charge in [0.1, 0.15) is 0 Å². The highest BCUT2D eigenvalue weighted by atomic mass is 15.3. The van der Waals surface area contributed by atoms with Crippen molar-refractivity contribution in [2.24, 2.45) is 0 Å². The van der Waals surface area contributed by atoms with Crippen molar-refractivity contribution in [3.8, 4) is 39.6 Å². The van der Waals surface area contributed by atoms with Crippen LogP contribution in [-0.4, -0.2) is 61.3 Å². The molecule has 12 aromatic rings. The average molecular weight is 840 g/mol. The Hall–Kier alpha value is -7.98. The Morgan fingerprint density at radius 2 is 0.800 bits per heavy atom. The zero-order valence-electron chi connectivity index (χ0n) is 35.8. The molecule has 4 heterocycles. The van der Waals surface area contributed by atoms with E-state index in [0.717, 1.165) is 68.3 Å². The van der Waals surface area contributed by atoms with Crippen LogP contribution < -0.4 is 10.6 Å². The number of nitrogens with zero attached hydrogens (tertiary/aromatic N) is 7. The highest BCUT2D eigenvalue weighted by molar-refractivity contribution is 6.23. The molecule has 0 amide bonds. The third-order valence-corrected chi connectivity index (χ3v) is 14.4. The molecule has 0 bridgehead atoms. The van der Waals surface area contributed by atoms with E-state index in [4.69, 9.17) is 0 Å². The lowest BCUT2D eigenvalue weighted by molar-refractivity contribution is 0.719. The van der Waals surface area contributed by atoms with Gasteiger partial charge in [-0.2, -0.15) is 0 Å². The molecule has 0 saturated carbocycles. The number of likely N-dealkylation sites (N-methyl/N-ethyl adjacent to an activating group) is 2. The molecule has 65 heavy (non-hydrogen) atoms. The monoisotopic (exact) mass is 839 g/mol. The second-order valence-electron chi connectivity index (χ2n) is 17.6. The van der Waals surface area contributed by atoms with E-state index in [-0.39, 0.29) is 11.8 Å². The Morgan fingerprint density at radius 1 is 0.385 bits per heavy atom. The fraction of sp³-hybridized carbons (Fsp3) is 0.107. The summed E-state index contributed by atoms with van der Waals surface area (Å²) in [5, 5.41) is 31.7. The first-order valence-electron chi connectivity index (χ1n) is 22.4. The minimum absolute atomic E-state index is 0.262. The lowest BCUT2D eigenvalue weighted by Gasteiger charge is -2.15. The number of rotatable bonds is 7. The van der Waals surface area contributed by atoms with Crippen molar-refractivity contribution >= 4 is 65.4 Å². The fourth-order valence-corrected chi connectivity index (χ4v) is 11.7. The SMILES string of the molecule is CNCC1c2ccccc2-c2ccc(-n3c4ccccc4c4cc5c6cc7c8ccccc8n(-c8ccc9c(c8)C(CNC)c8ccccc8-9)c7cc6n(-c6nncnn6)c5cc43)cc21. The molecule has 2 unspecified atom stereocenters. The summed E-state index contributed by atoms with van der Waals surface area (Å²) in [7, 11) is 4.09. The summed E-state index contributed by atoms with van der Waals surface area (Å²) in [6.07, 6.45) is 1.39. The summed E-state index contributed by atoms with van der Waals surface area (Å²) in [5.41, 5.74) is 19.5. The number of fused-ring (bicyclic) bond motifs is 15. The van der Waals surface area contributed by atoms with Crippen molar-refractivity contribution in [3.63, 3.8) is 0 Å². The van der Waals surface area contributed by atoms with Gasteiger partial charge in [0.15, 0.2) is 6.33 Å². The predicted molar refractivity (Wildman–Crippen MR) is 263 cm³/mol. The quantitative estimate of drug-likeness (QED) is 0.166. The van der Waals surface area contributed by atoms with Crippen LogP contribution in [0.25, 0.3) is 105 Å². The summed E-state index contributed by atoms with van der Waals surface area (Å²) in [4.78, 5) is 0. The maximum atomic E-state index is 4.61. The minimum atomic E-state index is 0.262. The molecule has 0 spiro atoms. The standard InChI is InChI=1S/C56H41N9/c1-57-29-48-36-13-5-3-11-34(36)38-21-19-32(23-42(38)48)63-50-17-9-7-15-40(50)44-25-46-47-26-45-41-16-8-10-18-51(41)64(33-20-22-39-35-12-4-6-14-37(35)49(30-58-2)43(39)24-33)53(45)28-55(47)65(54(46)27-52(44)63)56-61-59-31-60-62-56/h3-28,31,48-49,57-58H,29-30H2,1-2H3. The number of nitrogens with one attached hydrogen (secondary N) is 2. The molecule has 2 N–H and O–H groups in total. The van der Waals surface area contributed by atoms with Gasteiger partial charge in [-0.1, -0.05) is 97.1 Å². The second-order valence-corrected chi connectivity index (χ2v) is 17.6. The van der Waals surface area contributed by atoms with Crippen molar-refractivity contribution in [3.05, 3.63) is 186 Å². The summed E-state index contributed by atoms with van der Waals surface area (Å²) in [5.74, 6) is 0.948. The van der Waals surface area contributed by atoms with E-state index in [0.29, 0.717) is 5.95 Å². The molecule has 2 aliphatic rings. The Bertz CT molecular complexity index is 3710. The summed E-state index contributed by atoms with van der Waals surface area (Å²) < 4.78 is 7.01. The molecule has 8 aromatic carbocycles. The van der Waals surface area contributed by atoms with Gasteiger partial charge in [-0.25, -0.2) is 0 Å². The van der Waals surface area contributed by atoms with Gasteiger partial charge in [-0.05, 0) is 119 Å². The van der Waals surface area contributed by atoms with E-state index in [1.54, 1.807) is 0 Å². The van der Waals surface area contributed by atoms with E-state index in [1.807, 2.05) is 14.1 Å². The molecule has 310 valence electrons. The smallest absolute Gasteiger partial charge is 0.273 e. The molecular formula is C56H41N9. The van der Waals surface area contributed by atoms with Crippen molar-refractivity contribution < 1.29 is 0 Å². The molecule has 0 aliphatic heterocycles. The van der Waals surface area contributed by atoms with Gasteiger partial charge in [0.25, 0.3) is 5.95 Å². The Balaban J connectivity index is 1.04. The Labute approximate surface area is 373 Å². The Morgan fingerprint density at radius 3 is 1.29 bits per heavy atom. The lowest BCUT2D eigenvalue weighted by atomic mass is 9.96. The third-order valence-electron chi connectivity index (χ3n) is 14.4. The van der Waals surface area contributed by atoms with Gasteiger partial charge in [0.05, 0.1) is 33.1 Å². The van der Waals surface area contributed by atoms with Crippen molar-refractivity contribution in [1.82, 2.24) is 44.7 Å². The van der Waals surface area contributed by atoms with Gasteiger partial charge >= 0.3 is 0 Å². The minimum Gasteiger partial charge on any atom is -0.319 e. The van der Waals surface area contributed by atoms with E-state index >= 15 is 0 Å². The molecule has 0 saturated heterocycles. The largest absolute Gasteiger partial charge is 0.319 e. The van der Waals surface area contributed by atoms with E-state index in [9.17, 15) is 0 Å². The average Bonchev–Trinajstić information content (AvgIpc) is 4.12. The maximum Gasteiger partial charge on any atom is 0.273 e. The molecule has 4 aromatic heterocycles. The number of para-hydroxylation sites is 2. The zero-order chi connectivity index (χ0) is 42.9. The number of aromatic nitrogens is 7. The molecule has 0 fully saturated rings. The van der Waals surface area contributed by atoms with Gasteiger partial charge in [-0.15, -0.1) is 20.4 Å². The summed E-state index contributed by atoms with van der Waals surface area (Å²) in [6, 6.07) is 58.7. The third kappa shape index (κ3) is 5.04. The summed E-state index contributed by atoms with van der Waals surface area (Å²) >= 11 is 0. The summed E-state index contributed by atoms with van der Waals surface area (Å²) in [6.45, 7) is 1.73. The molecule has 14 rings (SSSR count). The fourth-order valence-electron chi connectivity index (χ4n) is 11.7. The van der Waals surface area contributed by atoms with E-state index in [2.05, 4.69) is 202 Å². The highest BCUT2D eigenvalue weighted by Crippen LogP contribution is 2.49. The van der Waals surface area contributed by atoms with Crippen molar-refractivity contribution in [2.75, 3.05) is 27.2 Å². The first kappa shape index (κ1) is 36.5. The first-order chi connectivity index (χ1) is 32.2. The van der Waals surface area contributed by atoms with Crippen LogP contribution >= 0.6 is 0 Å². The van der Waals surface area contributed by atoms with Crippen LogP contribution in [-0.2, 0) is 0 Å².